The monoisotopic (exact) mass is 368 g/mol. The molecule has 144 valence electrons. The molecule has 4 heteroatoms. The van der Waals surface area contributed by atoms with E-state index in [2.05, 4.69) is 30.8 Å². The van der Waals surface area contributed by atoms with E-state index in [-0.39, 0.29) is 6.42 Å². The van der Waals surface area contributed by atoms with E-state index >= 15 is 0 Å². The third-order valence-corrected chi connectivity index (χ3v) is 6.77. The second-order valence-electron chi connectivity index (χ2n) is 7.57. The van der Waals surface area contributed by atoms with Gasteiger partial charge in [0, 0.05) is 6.42 Å². The Bertz CT molecular complexity index is 410. The highest BCUT2D eigenvalue weighted by molar-refractivity contribution is 7.99. The largest absolute Gasteiger partial charge is 0.481 e. The van der Waals surface area contributed by atoms with Gasteiger partial charge < -0.3 is 9.84 Å². The first-order valence-electron chi connectivity index (χ1n) is 10.3. The van der Waals surface area contributed by atoms with Crippen LogP contribution >= 0.6 is 11.8 Å². The third-order valence-electron chi connectivity index (χ3n) is 5.66. The molecule has 2 saturated heterocycles. The maximum atomic E-state index is 10.5. The van der Waals surface area contributed by atoms with Crippen LogP contribution in [0.4, 0.5) is 0 Å². The summed E-state index contributed by atoms with van der Waals surface area (Å²) in [5.74, 6) is 3.33. The lowest BCUT2D eigenvalue weighted by molar-refractivity contribution is -0.137. The van der Waals surface area contributed by atoms with Crippen LogP contribution in [0.5, 0.6) is 0 Å². The van der Waals surface area contributed by atoms with Gasteiger partial charge in [0.1, 0.15) is 0 Å². The number of hydrogen-bond acceptors (Lipinski definition) is 3. The number of unbranched alkanes of at least 4 members (excludes halogenated alkanes) is 4. The zero-order chi connectivity index (χ0) is 17.9. The van der Waals surface area contributed by atoms with Crippen molar-refractivity contribution in [1.29, 1.82) is 0 Å². The van der Waals surface area contributed by atoms with E-state index in [1.165, 1.54) is 56.5 Å². The van der Waals surface area contributed by atoms with Gasteiger partial charge in [-0.05, 0) is 68.3 Å². The number of carboxylic acid groups (broad SMARTS) is 1. The first kappa shape index (κ1) is 20.8. The quantitative estimate of drug-likeness (QED) is 0.316. The predicted octanol–water partition coefficient (Wildman–Crippen LogP) is 5.68. The van der Waals surface area contributed by atoms with E-state index in [0.29, 0.717) is 18.1 Å². The van der Waals surface area contributed by atoms with E-state index in [0.717, 1.165) is 25.2 Å². The molecule has 0 aliphatic carbocycles. The average molecular weight is 369 g/mol. The van der Waals surface area contributed by atoms with Crippen LogP contribution in [0, 0.1) is 11.8 Å². The van der Waals surface area contributed by atoms with Crippen LogP contribution in [-0.4, -0.2) is 34.8 Å². The minimum Gasteiger partial charge on any atom is -0.481 e. The minimum atomic E-state index is -0.692. The van der Waals surface area contributed by atoms with Crippen molar-refractivity contribution >= 4 is 17.7 Å². The number of carbonyl (C=O) groups is 1. The summed E-state index contributed by atoms with van der Waals surface area (Å²) in [4.78, 5) is 10.5. The topological polar surface area (TPSA) is 46.5 Å². The van der Waals surface area contributed by atoms with Crippen LogP contribution in [0.3, 0.4) is 0 Å². The Kier molecular flexibility index (Phi) is 10.0. The molecule has 0 radical (unpaired) electrons. The molecule has 2 rings (SSSR count). The molecule has 0 amide bonds. The van der Waals surface area contributed by atoms with Crippen molar-refractivity contribution in [3.8, 4) is 0 Å². The second kappa shape index (κ2) is 12.0. The normalized spacial score (nSPS) is 28.2. The maximum Gasteiger partial charge on any atom is 0.303 e. The first-order chi connectivity index (χ1) is 12.2. The van der Waals surface area contributed by atoms with Gasteiger partial charge in [0.2, 0.25) is 0 Å². The second-order valence-corrected chi connectivity index (χ2v) is 8.80. The molecule has 2 aliphatic heterocycles. The number of rotatable bonds is 14. The number of aliphatic carboxylic acids is 1. The molecule has 2 aliphatic rings. The van der Waals surface area contributed by atoms with Gasteiger partial charge >= 0.3 is 5.97 Å². The summed E-state index contributed by atoms with van der Waals surface area (Å²) in [6.45, 7) is 2.27. The van der Waals surface area contributed by atoms with Gasteiger partial charge in [0.15, 0.2) is 0 Å². The molecular weight excluding hydrogens is 332 g/mol. The van der Waals surface area contributed by atoms with Crippen LogP contribution < -0.4 is 0 Å². The maximum absolute atomic E-state index is 10.5. The van der Waals surface area contributed by atoms with Crippen LogP contribution in [0.1, 0.15) is 77.6 Å². The molecule has 0 saturated carbocycles. The zero-order valence-corrected chi connectivity index (χ0v) is 16.6. The lowest BCUT2D eigenvalue weighted by Gasteiger charge is -2.27. The lowest BCUT2D eigenvalue weighted by atomic mass is 9.76. The predicted molar refractivity (Wildman–Crippen MR) is 106 cm³/mol. The standard InChI is InChI=1S/C21H36O3S/c1-2-3-4-9-15-25-16-14-18-17(19-12-13-20(18)24-19)10-7-5-6-8-11-21(22)23/h5,7,17-20H,2-4,6,8-16H2,1H3,(H,22,23)/t17-,18+,19-,20+/m1/s1. The Hall–Kier alpha value is -0.480. The van der Waals surface area contributed by atoms with Crippen molar-refractivity contribution in [1.82, 2.24) is 0 Å². The van der Waals surface area contributed by atoms with Gasteiger partial charge in [-0.3, -0.25) is 4.79 Å². The molecule has 0 aromatic carbocycles. The summed E-state index contributed by atoms with van der Waals surface area (Å²) < 4.78 is 6.20. The van der Waals surface area contributed by atoms with Crippen LogP contribution in [0.2, 0.25) is 0 Å². The average Bonchev–Trinajstić information content (AvgIpc) is 3.19. The fraction of sp³-hybridized carbons (Fsp3) is 0.857. The highest BCUT2D eigenvalue weighted by atomic mass is 32.2. The fourth-order valence-electron chi connectivity index (χ4n) is 4.29. The number of ether oxygens (including phenoxy) is 1. The van der Waals surface area contributed by atoms with Crippen molar-refractivity contribution in [2.75, 3.05) is 11.5 Å². The van der Waals surface area contributed by atoms with Gasteiger partial charge in [0.25, 0.3) is 0 Å². The highest BCUT2D eigenvalue weighted by Gasteiger charge is 2.47. The molecular formula is C21H36O3S. The fourth-order valence-corrected chi connectivity index (χ4v) is 5.34. The Labute approximate surface area is 158 Å². The van der Waals surface area contributed by atoms with Crippen molar-refractivity contribution < 1.29 is 14.6 Å². The summed E-state index contributed by atoms with van der Waals surface area (Å²) >= 11 is 2.13. The number of carboxylic acids is 1. The molecule has 4 atom stereocenters. The molecule has 1 N–H and O–H groups in total. The first-order valence-corrected chi connectivity index (χ1v) is 11.5. The Morgan fingerprint density at radius 2 is 1.88 bits per heavy atom. The summed E-state index contributed by atoms with van der Waals surface area (Å²) in [5.41, 5.74) is 0. The molecule has 25 heavy (non-hydrogen) atoms. The van der Waals surface area contributed by atoms with Gasteiger partial charge in [-0.1, -0.05) is 38.3 Å². The minimum absolute atomic E-state index is 0.277. The van der Waals surface area contributed by atoms with Gasteiger partial charge in [-0.2, -0.15) is 11.8 Å². The molecule has 0 aromatic rings. The Morgan fingerprint density at radius 1 is 1.08 bits per heavy atom. The molecule has 2 heterocycles. The summed E-state index contributed by atoms with van der Waals surface area (Å²) in [5, 5.41) is 8.67. The van der Waals surface area contributed by atoms with E-state index in [1.54, 1.807) is 0 Å². The van der Waals surface area contributed by atoms with Crippen molar-refractivity contribution in [3.05, 3.63) is 12.2 Å². The van der Waals surface area contributed by atoms with E-state index < -0.39 is 5.97 Å². The van der Waals surface area contributed by atoms with Crippen molar-refractivity contribution in [2.24, 2.45) is 11.8 Å². The molecule has 0 spiro atoms. The summed E-state index contributed by atoms with van der Waals surface area (Å²) in [6.07, 6.45) is 17.7. The SMILES string of the molecule is CCCCCCSCC[C@H]1[C@@H](CC=CCCCC(=O)O)[C@H]2CC[C@@H]1O2. The van der Waals surface area contributed by atoms with Crippen molar-refractivity contribution in [2.45, 2.75) is 89.8 Å². The zero-order valence-electron chi connectivity index (χ0n) is 15.8. The van der Waals surface area contributed by atoms with Gasteiger partial charge in [-0.15, -0.1) is 0 Å². The van der Waals surface area contributed by atoms with E-state index in [9.17, 15) is 4.79 Å². The van der Waals surface area contributed by atoms with E-state index in [4.69, 9.17) is 9.84 Å². The molecule has 2 bridgehead atoms. The smallest absolute Gasteiger partial charge is 0.303 e. The number of fused-ring (bicyclic) bond motifs is 2. The Morgan fingerprint density at radius 3 is 2.64 bits per heavy atom. The van der Waals surface area contributed by atoms with Crippen LogP contribution in [0.15, 0.2) is 12.2 Å². The number of allylic oxidation sites excluding steroid dienone is 2. The summed E-state index contributed by atoms with van der Waals surface area (Å²) in [6, 6.07) is 0. The molecule has 0 unspecified atom stereocenters. The van der Waals surface area contributed by atoms with Gasteiger partial charge in [0.05, 0.1) is 12.2 Å². The van der Waals surface area contributed by atoms with Crippen LogP contribution in [-0.2, 0) is 9.53 Å². The highest BCUT2D eigenvalue weighted by Crippen LogP contribution is 2.47. The van der Waals surface area contributed by atoms with Crippen molar-refractivity contribution in [3.63, 3.8) is 0 Å². The van der Waals surface area contributed by atoms with Crippen LogP contribution in [0.25, 0.3) is 0 Å². The molecule has 0 aromatic heterocycles. The number of hydrogen-bond donors (Lipinski definition) is 1. The number of thioether (sulfide) groups is 1. The summed E-state index contributed by atoms with van der Waals surface area (Å²) in [7, 11) is 0. The lowest BCUT2D eigenvalue weighted by Crippen LogP contribution is -2.27. The molecule has 3 nitrogen and oxygen atoms in total. The van der Waals surface area contributed by atoms with Gasteiger partial charge in [-0.25, -0.2) is 0 Å². The molecule has 2 fully saturated rings. The Balaban J connectivity index is 1.63. The van der Waals surface area contributed by atoms with E-state index in [1.807, 2.05) is 0 Å². The third kappa shape index (κ3) is 7.34.